The number of benzene rings is 4. The van der Waals surface area contributed by atoms with Crippen LogP contribution in [0.3, 0.4) is 0 Å². The van der Waals surface area contributed by atoms with Crippen molar-refractivity contribution in [3.63, 3.8) is 0 Å². The highest BCUT2D eigenvalue weighted by molar-refractivity contribution is 6.01. The van der Waals surface area contributed by atoms with Crippen LogP contribution in [0.1, 0.15) is 119 Å². The van der Waals surface area contributed by atoms with Crippen LogP contribution in [0, 0.1) is 29.1 Å². The third kappa shape index (κ3) is 15.3. The molecule has 6 N–H and O–H groups in total. The SMILES string of the molecule is C=CCCCC1CCC(C(=O)Oc2ccc(/C=C/C(=O)CC(Cc3ccc(N)cc3)(Cc3ccc(N)cc3)C(O)(O)C(=O)/C=C/c3ccc(OC(=O)C4CCC(CCCC=C)CC4)cc3)cc2)CC1. The average molecular weight is 935 g/mol. The lowest BCUT2D eigenvalue weighted by atomic mass is 9.65. The summed E-state index contributed by atoms with van der Waals surface area (Å²) in [5.41, 5.74) is 13.7. The van der Waals surface area contributed by atoms with E-state index in [0.29, 0.717) is 57.0 Å². The van der Waals surface area contributed by atoms with E-state index in [9.17, 15) is 29.4 Å². The van der Waals surface area contributed by atoms with Crippen molar-refractivity contribution in [2.45, 2.75) is 115 Å². The highest BCUT2D eigenvalue weighted by Crippen LogP contribution is 2.43. The molecule has 0 spiro atoms. The highest BCUT2D eigenvalue weighted by Gasteiger charge is 2.54. The van der Waals surface area contributed by atoms with Gasteiger partial charge in [-0.1, -0.05) is 85.7 Å². The quantitative estimate of drug-likeness (QED) is 0.0100. The fourth-order valence-electron chi connectivity index (χ4n) is 9.91. The maximum atomic E-state index is 14.2. The number of hydrogen-bond acceptors (Lipinski definition) is 10. The molecule has 364 valence electrons. The number of ketones is 2. The minimum atomic E-state index is -3.06. The van der Waals surface area contributed by atoms with Gasteiger partial charge in [0.1, 0.15) is 11.5 Å². The Morgan fingerprint density at radius 3 is 1.35 bits per heavy atom. The van der Waals surface area contributed by atoms with Crippen LogP contribution in [0.5, 0.6) is 11.5 Å². The van der Waals surface area contributed by atoms with Gasteiger partial charge in [-0.25, -0.2) is 0 Å². The lowest BCUT2D eigenvalue weighted by molar-refractivity contribution is -0.230. The van der Waals surface area contributed by atoms with Crippen molar-refractivity contribution in [1.82, 2.24) is 0 Å². The number of rotatable bonds is 24. The number of allylic oxidation sites excluding steroid dienone is 3. The van der Waals surface area contributed by atoms with Gasteiger partial charge in [-0.15, -0.1) is 13.2 Å². The largest absolute Gasteiger partial charge is 0.426 e. The number of anilines is 2. The summed E-state index contributed by atoms with van der Waals surface area (Å²) < 4.78 is 11.5. The third-order valence-electron chi connectivity index (χ3n) is 14.1. The second kappa shape index (κ2) is 25.3. The van der Waals surface area contributed by atoms with E-state index in [2.05, 4.69) is 13.2 Å². The molecule has 0 heterocycles. The van der Waals surface area contributed by atoms with Crippen LogP contribution in [0.4, 0.5) is 11.4 Å². The first kappa shape index (κ1) is 52.0. The van der Waals surface area contributed by atoms with E-state index >= 15 is 0 Å². The van der Waals surface area contributed by atoms with E-state index in [0.717, 1.165) is 96.0 Å². The van der Waals surface area contributed by atoms with E-state index in [1.54, 1.807) is 103 Å². The van der Waals surface area contributed by atoms with Crippen LogP contribution < -0.4 is 20.9 Å². The number of nitrogens with two attached hydrogens (primary N) is 2. The Labute approximate surface area is 408 Å². The van der Waals surface area contributed by atoms with Gasteiger partial charge in [0, 0.05) is 23.2 Å². The van der Waals surface area contributed by atoms with Gasteiger partial charge in [0.15, 0.2) is 5.78 Å². The zero-order valence-corrected chi connectivity index (χ0v) is 39.9. The number of ether oxygens (including phenoxy) is 2. The lowest BCUT2D eigenvalue weighted by Crippen LogP contribution is -2.57. The standard InChI is InChI=1S/C59H70N2O8/c1-3-5-7-9-42-11-25-48(26-12-42)56(64)68-53-34-20-44(21-35-53)19-33-52(62)41-58(39-46-15-29-50(60)30-16-46,40-47-17-31-51(61)32-18-47)59(66,67)55(63)38-24-45-22-36-54(37-23-45)69-57(65)49-27-13-43(14-28-49)10-8-6-4-2/h3-4,15-24,29-38,42-43,48-49,66-67H,1-2,5-14,25-28,39-41,60-61H2/b33-19+,38-24+. The molecule has 4 aromatic rings. The molecule has 0 amide bonds. The number of aliphatic hydroxyl groups is 2. The maximum Gasteiger partial charge on any atom is 0.314 e. The molecule has 0 saturated heterocycles. The molecule has 6 rings (SSSR count). The van der Waals surface area contributed by atoms with Crippen molar-refractivity contribution in [2.24, 2.45) is 29.1 Å². The van der Waals surface area contributed by atoms with Crippen LogP contribution in [-0.4, -0.2) is 39.5 Å². The summed E-state index contributed by atoms with van der Waals surface area (Å²) in [6.45, 7) is 7.61. The predicted octanol–water partition coefficient (Wildman–Crippen LogP) is 11.4. The van der Waals surface area contributed by atoms with Crippen molar-refractivity contribution in [1.29, 1.82) is 0 Å². The first-order chi connectivity index (χ1) is 33.2. The van der Waals surface area contributed by atoms with Crippen molar-refractivity contribution in [3.05, 3.63) is 157 Å². The van der Waals surface area contributed by atoms with Crippen LogP contribution >= 0.6 is 0 Å². The molecule has 0 atom stereocenters. The number of hydrogen-bond donors (Lipinski definition) is 4. The number of unbranched alkanes of at least 4 members (excludes halogenated alkanes) is 2. The van der Waals surface area contributed by atoms with Gasteiger partial charge in [-0.05, 0) is 185 Å². The van der Waals surface area contributed by atoms with Gasteiger partial charge in [-0.3, -0.25) is 19.2 Å². The monoisotopic (exact) mass is 935 g/mol. The Balaban J connectivity index is 1.15. The summed E-state index contributed by atoms with van der Waals surface area (Å²) in [5.74, 6) is -3.24. The highest BCUT2D eigenvalue weighted by atomic mass is 16.5. The van der Waals surface area contributed by atoms with Crippen molar-refractivity contribution < 1.29 is 38.9 Å². The normalized spacial score (nSPS) is 18.7. The molecule has 69 heavy (non-hydrogen) atoms. The van der Waals surface area contributed by atoms with Gasteiger partial charge in [0.25, 0.3) is 0 Å². The maximum absolute atomic E-state index is 14.2. The molecular formula is C59H70N2O8. The fourth-order valence-corrected chi connectivity index (χ4v) is 9.91. The molecule has 0 aliphatic heterocycles. The van der Waals surface area contributed by atoms with E-state index in [-0.39, 0.29) is 36.6 Å². The summed E-state index contributed by atoms with van der Waals surface area (Å²) in [6.07, 6.45) is 22.7. The van der Waals surface area contributed by atoms with Gasteiger partial charge in [0.2, 0.25) is 11.6 Å². The third-order valence-corrected chi connectivity index (χ3v) is 14.1. The molecule has 0 bridgehead atoms. The van der Waals surface area contributed by atoms with Crippen LogP contribution in [0.25, 0.3) is 12.2 Å². The Kier molecular flexibility index (Phi) is 19.1. The average Bonchev–Trinajstić information content (AvgIpc) is 3.35. The summed E-state index contributed by atoms with van der Waals surface area (Å²) in [5, 5.41) is 24.5. The summed E-state index contributed by atoms with van der Waals surface area (Å²) in [7, 11) is 0. The predicted molar refractivity (Wildman–Crippen MR) is 275 cm³/mol. The number of carbonyl (C=O) groups excluding carboxylic acids is 4. The molecule has 2 fully saturated rings. The Bertz CT molecular complexity index is 2340. The van der Waals surface area contributed by atoms with Crippen LogP contribution in [0.2, 0.25) is 0 Å². The van der Waals surface area contributed by atoms with Gasteiger partial charge in [0.05, 0.1) is 11.8 Å². The van der Waals surface area contributed by atoms with Crippen molar-refractivity contribution in [3.8, 4) is 11.5 Å². The molecule has 0 radical (unpaired) electrons. The van der Waals surface area contributed by atoms with Gasteiger partial charge < -0.3 is 31.2 Å². The topological polar surface area (TPSA) is 179 Å². The van der Waals surface area contributed by atoms with Crippen molar-refractivity contribution >= 4 is 47.0 Å². The molecule has 4 aromatic carbocycles. The molecule has 2 saturated carbocycles. The smallest absolute Gasteiger partial charge is 0.314 e. The zero-order chi connectivity index (χ0) is 49.2. The number of nitrogen functional groups attached to an aromatic ring is 2. The second-order valence-corrected chi connectivity index (χ2v) is 19.3. The van der Waals surface area contributed by atoms with E-state index < -0.39 is 29.2 Å². The van der Waals surface area contributed by atoms with E-state index in [1.165, 1.54) is 12.2 Å². The summed E-state index contributed by atoms with van der Waals surface area (Å²) >= 11 is 0. The molecule has 0 aromatic heterocycles. The first-order valence-electron chi connectivity index (χ1n) is 24.7. The van der Waals surface area contributed by atoms with Crippen molar-refractivity contribution in [2.75, 3.05) is 11.5 Å². The van der Waals surface area contributed by atoms with Gasteiger partial charge >= 0.3 is 11.9 Å². The molecule has 2 aliphatic carbocycles. The Morgan fingerprint density at radius 1 is 0.565 bits per heavy atom. The molecule has 10 heteroatoms. The fraction of sp³-hybridized carbons (Fsp3) is 0.390. The number of carbonyl (C=O) groups is 4. The minimum absolute atomic E-state index is 0.0854. The lowest BCUT2D eigenvalue weighted by Gasteiger charge is -2.42. The number of esters is 2. The Morgan fingerprint density at radius 2 is 0.957 bits per heavy atom. The zero-order valence-electron chi connectivity index (χ0n) is 39.9. The molecule has 10 nitrogen and oxygen atoms in total. The Hall–Kier alpha value is -6.36. The molecule has 0 unspecified atom stereocenters. The summed E-state index contributed by atoms with van der Waals surface area (Å²) in [6, 6.07) is 27.2. The van der Waals surface area contributed by atoms with E-state index in [4.69, 9.17) is 20.9 Å². The second-order valence-electron chi connectivity index (χ2n) is 19.3. The minimum Gasteiger partial charge on any atom is -0.426 e. The van der Waals surface area contributed by atoms with Gasteiger partial charge in [-0.2, -0.15) is 0 Å². The van der Waals surface area contributed by atoms with E-state index in [1.807, 2.05) is 12.2 Å². The van der Waals surface area contributed by atoms with Crippen LogP contribution in [0.15, 0.2) is 135 Å². The van der Waals surface area contributed by atoms with Crippen LogP contribution in [-0.2, 0) is 32.0 Å². The summed E-state index contributed by atoms with van der Waals surface area (Å²) in [4.78, 5) is 54.4. The molecule has 2 aliphatic rings. The molecular weight excluding hydrogens is 865 g/mol. The first-order valence-corrected chi connectivity index (χ1v) is 24.7.